The van der Waals surface area contributed by atoms with Gasteiger partial charge in [0.2, 0.25) is 0 Å². The predicted molar refractivity (Wildman–Crippen MR) is 120 cm³/mol. The lowest BCUT2D eigenvalue weighted by Crippen LogP contribution is -2.13. The fourth-order valence-electron chi connectivity index (χ4n) is 3.53. The third kappa shape index (κ3) is 10.0. The molecule has 0 aromatic heterocycles. The van der Waals surface area contributed by atoms with E-state index in [4.69, 9.17) is 10.5 Å². The molecular weight excluding hydrogens is 330 g/mol. The van der Waals surface area contributed by atoms with Crippen molar-refractivity contribution in [2.24, 2.45) is 16.6 Å². The molecule has 0 aromatic rings. The molecule has 0 atom stereocenters. The van der Waals surface area contributed by atoms with E-state index in [2.05, 4.69) is 59.9 Å². The van der Waals surface area contributed by atoms with E-state index in [1.807, 2.05) is 0 Å². The lowest BCUT2D eigenvalue weighted by Gasteiger charge is -2.26. The lowest BCUT2D eigenvalue weighted by atomic mass is 9.79. The molecule has 2 nitrogen and oxygen atoms in total. The van der Waals surface area contributed by atoms with Gasteiger partial charge in [0, 0.05) is 6.42 Å². The SMILES string of the molecule is C=C(CC(C)(C)CCCCN)C1=CC=C(C(=C)OCCCCC(C)(C)C)C1. The monoisotopic (exact) mass is 373 g/mol. The van der Waals surface area contributed by atoms with E-state index in [1.54, 1.807) is 0 Å². The molecule has 154 valence electrons. The van der Waals surface area contributed by atoms with Gasteiger partial charge < -0.3 is 10.5 Å². The van der Waals surface area contributed by atoms with Crippen molar-refractivity contribution in [3.05, 3.63) is 47.8 Å². The van der Waals surface area contributed by atoms with Crippen LogP contribution in [-0.2, 0) is 4.74 Å². The molecule has 2 N–H and O–H groups in total. The molecule has 0 fully saturated rings. The third-order valence-electron chi connectivity index (χ3n) is 5.28. The predicted octanol–water partition coefficient (Wildman–Crippen LogP) is 7.09. The minimum absolute atomic E-state index is 0.274. The Morgan fingerprint density at radius 3 is 2.22 bits per heavy atom. The third-order valence-corrected chi connectivity index (χ3v) is 5.28. The summed E-state index contributed by atoms with van der Waals surface area (Å²) in [6.07, 6.45) is 13.3. The van der Waals surface area contributed by atoms with E-state index >= 15 is 0 Å². The smallest absolute Gasteiger partial charge is 0.115 e. The minimum Gasteiger partial charge on any atom is -0.494 e. The number of hydrogen-bond donors (Lipinski definition) is 1. The van der Waals surface area contributed by atoms with Crippen LogP contribution in [-0.4, -0.2) is 13.2 Å². The first-order chi connectivity index (χ1) is 12.5. The Hall–Kier alpha value is -1.28. The Balaban J connectivity index is 2.32. The molecule has 2 heteroatoms. The van der Waals surface area contributed by atoms with Crippen molar-refractivity contribution in [2.45, 2.75) is 86.0 Å². The number of unbranched alkanes of at least 4 members (excludes halogenated alkanes) is 2. The molecule has 1 aliphatic carbocycles. The van der Waals surface area contributed by atoms with Crippen LogP contribution in [0.1, 0.15) is 86.0 Å². The number of nitrogens with two attached hydrogens (primary N) is 1. The van der Waals surface area contributed by atoms with Crippen LogP contribution >= 0.6 is 0 Å². The summed E-state index contributed by atoms with van der Waals surface area (Å²) >= 11 is 0. The van der Waals surface area contributed by atoms with Crippen LogP contribution in [0, 0.1) is 10.8 Å². The Morgan fingerprint density at radius 1 is 0.963 bits per heavy atom. The Kier molecular flexibility index (Phi) is 9.59. The van der Waals surface area contributed by atoms with Crippen molar-refractivity contribution in [2.75, 3.05) is 13.2 Å². The van der Waals surface area contributed by atoms with Crippen molar-refractivity contribution < 1.29 is 4.74 Å². The van der Waals surface area contributed by atoms with Crippen LogP contribution in [0.5, 0.6) is 0 Å². The van der Waals surface area contributed by atoms with Gasteiger partial charge in [-0.1, -0.05) is 71.9 Å². The number of hydrogen-bond acceptors (Lipinski definition) is 2. The fraction of sp³-hybridized carbons (Fsp3) is 0.680. The molecule has 0 spiro atoms. The molecular formula is C25H43NO. The van der Waals surface area contributed by atoms with Gasteiger partial charge in [0.15, 0.2) is 0 Å². The molecule has 1 aliphatic rings. The summed E-state index contributed by atoms with van der Waals surface area (Å²) < 4.78 is 5.90. The van der Waals surface area contributed by atoms with Gasteiger partial charge in [-0.25, -0.2) is 0 Å². The van der Waals surface area contributed by atoms with Crippen molar-refractivity contribution in [3.63, 3.8) is 0 Å². The summed E-state index contributed by atoms with van der Waals surface area (Å²) in [4.78, 5) is 0. The lowest BCUT2D eigenvalue weighted by molar-refractivity contribution is 0.207. The van der Waals surface area contributed by atoms with Crippen molar-refractivity contribution in [3.8, 4) is 0 Å². The Morgan fingerprint density at radius 2 is 1.59 bits per heavy atom. The zero-order valence-electron chi connectivity index (χ0n) is 18.6. The maximum atomic E-state index is 5.90. The van der Waals surface area contributed by atoms with Gasteiger partial charge >= 0.3 is 0 Å². The molecule has 0 radical (unpaired) electrons. The van der Waals surface area contributed by atoms with Gasteiger partial charge in [0.1, 0.15) is 5.76 Å². The van der Waals surface area contributed by atoms with Crippen LogP contribution in [0.15, 0.2) is 47.8 Å². The highest BCUT2D eigenvalue weighted by molar-refractivity contribution is 5.47. The number of rotatable bonds is 13. The summed E-state index contributed by atoms with van der Waals surface area (Å²) in [5.74, 6) is 0.826. The van der Waals surface area contributed by atoms with Gasteiger partial charge in [-0.2, -0.15) is 0 Å². The van der Waals surface area contributed by atoms with E-state index in [0.717, 1.165) is 44.6 Å². The first kappa shape index (κ1) is 23.8. The Labute approximate surface area is 168 Å². The van der Waals surface area contributed by atoms with E-state index in [9.17, 15) is 0 Å². The summed E-state index contributed by atoms with van der Waals surface area (Å²) in [5.41, 5.74) is 10.1. The molecule has 0 saturated heterocycles. The molecule has 27 heavy (non-hydrogen) atoms. The van der Waals surface area contributed by atoms with Crippen LogP contribution in [0.2, 0.25) is 0 Å². The van der Waals surface area contributed by atoms with Crippen LogP contribution in [0.25, 0.3) is 0 Å². The van der Waals surface area contributed by atoms with E-state index in [-0.39, 0.29) is 5.41 Å². The van der Waals surface area contributed by atoms with Gasteiger partial charge in [0.25, 0.3) is 0 Å². The van der Waals surface area contributed by atoms with E-state index in [1.165, 1.54) is 42.4 Å². The highest BCUT2D eigenvalue weighted by Gasteiger charge is 2.22. The fourth-order valence-corrected chi connectivity index (χ4v) is 3.53. The van der Waals surface area contributed by atoms with Crippen LogP contribution < -0.4 is 5.73 Å². The molecule has 0 bridgehead atoms. The van der Waals surface area contributed by atoms with E-state index in [0.29, 0.717) is 5.41 Å². The van der Waals surface area contributed by atoms with Crippen LogP contribution in [0.3, 0.4) is 0 Å². The quantitative estimate of drug-likeness (QED) is 0.276. The summed E-state index contributed by atoms with van der Waals surface area (Å²) in [5, 5.41) is 0. The standard InChI is InChI=1S/C25H43NO/c1-20(19-25(6,7)15-8-10-16-26)22-12-13-23(18-22)21(2)27-17-11-9-14-24(3,4)5/h12-13H,1-2,8-11,14-19,26H2,3-7H3. The molecule has 0 amide bonds. The summed E-state index contributed by atoms with van der Waals surface area (Å²) in [7, 11) is 0. The molecule has 0 unspecified atom stereocenters. The van der Waals surface area contributed by atoms with Gasteiger partial charge in [-0.15, -0.1) is 0 Å². The molecule has 0 aromatic carbocycles. The second kappa shape index (κ2) is 10.9. The molecule has 0 saturated carbocycles. The summed E-state index contributed by atoms with van der Waals surface area (Å²) in [6, 6.07) is 0. The second-order valence-electron chi connectivity index (χ2n) is 10.0. The van der Waals surface area contributed by atoms with Crippen molar-refractivity contribution >= 4 is 0 Å². The first-order valence-corrected chi connectivity index (χ1v) is 10.6. The van der Waals surface area contributed by atoms with Crippen LogP contribution in [0.4, 0.5) is 0 Å². The topological polar surface area (TPSA) is 35.2 Å². The molecule has 0 aliphatic heterocycles. The van der Waals surface area contributed by atoms with E-state index < -0.39 is 0 Å². The van der Waals surface area contributed by atoms with Gasteiger partial charge in [-0.05, 0) is 67.0 Å². The molecule has 0 heterocycles. The maximum Gasteiger partial charge on any atom is 0.115 e. The zero-order chi connectivity index (χ0) is 20.5. The molecule has 1 rings (SSSR count). The highest BCUT2D eigenvalue weighted by Crippen LogP contribution is 2.37. The van der Waals surface area contributed by atoms with Crippen molar-refractivity contribution in [1.82, 2.24) is 0 Å². The first-order valence-electron chi connectivity index (χ1n) is 10.6. The highest BCUT2D eigenvalue weighted by atomic mass is 16.5. The normalized spacial score (nSPS) is 14.7. The zero-order valence-corrected chi connectivity index (χ0v) is 18.6. The Bertz CT molecular complexity index is 557. The second-order valence-corrected chi connectivity index (χ2v) is 10.0. The van der Waals surface area contributed by atoms with Gasteiger partial charge in [-0.3, -0.25) is 0 Å². The average Bonchev–Trinajstić information content (AvgIpc) is 3.03. The summed E-state index contributed by atoms with van der Waals surface area (Å²) in [6.45, 7) is 21.6. The largest absolute Gasteiger partial charge is 0.494 e. The number of ether oxygens (including phenoxy) is 1. The van der Waals surface area contributed by atoms with Crippen molar-refractivity contribution in [1.29, 1.82) is 0 Å². The average molecular weight is 374 g/mol. The minimum atomic E-state index is 0.274. The van der Waals surface area contributed by atoms with Gasteiger partial charge in [0.05, 0.1) is 6.61 Å². The maximum absolute atomic E-state index is 5.90. The number of allylic oxidation sites excluding steroid dienone is 5.